The summed E-state index contributed by atoms with van der Waals surface area (Å²) in [7, 11) is 0. The van der Waals surface area contributed by atoms with E-state index in [1.54, 1.807) is 6.92 Å². The lowest BCUT2D eigenvalue weighted by molar-refractivity contribution is -0.116. The molecule has 0 rings (SSSR count). The molecule has 0 aliphatic heterocycles. The van der Waals surface area contributed by atoms with Gasteiger partial charge in [-0.15, -0.1) is 0 Å². The van der Waals surface area contributed by atoms with Crippen LogP contribution in [-0.4, -0.2) is 5.78 Å². The Hall–Kier alpha value is -0.590. The number of carbonyl (C=O) groups excluding carboxylic acids is 1. The molecule has 0 aromatic rings. The smallest absolute Gasteiger partial charge is 0.130 e. The SMILES string of the molecule is CC/C(C)=C(\C)CCC(C)=O. The minimum Gasteiger partial charge on any atom is -0.300 e. The van der Waals surface area contributed by atoms with Crippen molar-refractivity contribution < 1.29 is 4.79 Å². The molecule has 1 nitrogen and oxygen atoms in total. The molecule has 0 aliphatic rings. The monoisotopic (exact) mass is 154 g/mol. The van der Waals surface area contributed by atoms with Crippen LogP contribution in [0, 0.1) is 0 Å². The fraction of sp³-hybridized carbons (Fsp3) is 0.700. The van der Waals surface area contributed by atoms with Crippen LogP contribution in [0.5, 0.6) is 0 Å². The predicted octanol–water partition coefficient (Wildman–Crippen LogP) is 3.10. The van der Waals surface area contributed by atoms with Gasteiger partial charge in [0.1, 0.15) is 5.78 Å². The maximum absolute atomic E-state index is 10.6. The molecule has 0 saturated carbocycles. The van der Waals surface area contributed by atoms with Gasteiger partial charge in [0.25, 0.3) is 0 Å². The third kappa shape index (κ3) is 4.77. The Balaban J connectivity index is 3.85. The van der Waals surface area contributed by atoms with E-state index in [-0.39, 0.29) is 5.78 Å². The highest BCUT2D eigenvalue weighted by atomic mass is 16.1. The minimum atomic E-state index is 0.285. The molecule has 0 aromatic heterocycles. The lowest BCUT2D eigenvalue weighted by Gasteiger charge is -2.03. The van der Waals surface area contributed by atoms with E-state index in [0.717, 1.165) is 12.8 Å². The molecule has 0 saturated heterocycles. The van der Waals surface area contributed by atoms with Gasteiger partial charge >= 0.3 is 0 Å². The van der Waals surface area contributed by atoms with Gasteiger partial charge in [-0.25, -0.2) is 0 Å². The average molecular weight is 154 g/mol. The lowest BCUT2D eigenvalue weighted by atomic mass is 10.0. The number of hydrogen-bond donors (Lipinski definition) is 0. The van der Waals surface area contributed by atoms with Crippen molar-refractivity contribution in [3.05, 3.63) is 11.1 Å². The van der Waals surface area contributed by atoms with Crippen molar-refractivity contribution in [2.24, 2.45) is 0 Å². The summed E-state index contributed by atoms with van der Waals surface area (Å²) in [6.07, 6.45) is 2.74. The van der Waals surface area contributed by atoms with E-state index in [1.165, 1.54) is 11.1 Å². The van der Waals surface area contributed by atoms with Gasteiger partial charge in [0.15, 0.2) is 0 Å². The van der Waals surface area contributed by atoms with Crippen molar-refractivity contribution in [3.63, 3.8) is 0 Å². The number of rotatable bonds is 4. The molecular formula is C10H18O. The molecule has 1 heteroatoms. The zero-order valence-corrected chi connectivity index (χ0v) is 8.03. The molecule has 0 aromatic carbocycles. The summed E-state index contributed by atoms with van der Waals surface area (Å²) in [6.45, 7) is 8.04. The Kier molecular flexibility index (Phi) is 4.84. The van der Waals surface area contributed by atoms with Gasteiger partial charge in [0.05, 0.1) is 0 Å². The van der Waals surface area contributed by atoms with Crippen molar-refractivity contribution in [2.75, 3.05) is 0 Å². The van der Waals surface area contributed by atoms with Gasteiger partial charge in [-0.05, 0) is 33.6 Å². The van der Waals surface area contributed by atoms with Gasteiger partial charge in [0.2, 0.25) is 0 Å². The van der Waals surface area contributed by atoms with Crippen molar-refractivity contribution in [3.8, 4) is 0 Å². The number of Topliss-reactive ketones (excluding diaryl/α,β-unsaturated/α-hetero) is 1. The molecule has 0 heterocycles. The molecule has 0 aliphatic carbocycles. The van der Waals surface area contributed by atoms with E-state index in [1.807, 2.05) is 0 Å². The number of allylic oxidation sites excluding steroid dienone is 2. The van der Waals surface area contributed by atoms with Gasteiger partial charge < -0.3 is 4.79 Å². The summed E-state index contributed by atoms with van der Waals surface area (Å²) in [6, 6.07) is 0. The zero-order valence-electron chi connectivity index (χ0n) is 8.03. The standard InChI is InChI=1S/C10H18O/c1-5-8(2)9(3)6-7-10(4)11/h5-7H2,1-4H3/b9-8+. The molecule has 64 valence electrons. The minimum absolute atomic E-state index is 0.285. The summed E-state index contributed by atoms with van der Waals surface area (Å²) < 4.78 is 0. The van der Waals surface area contributed by atoms with E-state index in [2.05, 4.69) is 20.8 Å². The molecule has 0 amide bonds. The van der Waals surface area contributed by atoms with Crippen LogP contribution in [0.15, 0.2) is 11.1 Å². The second-order valence-electron chi connectivity index (χ2n) is 3.12. The Labute approximate surface area is 69.5 Å². The Morgan fingerprint density at radius 3 is 1.91 bits per heavy atom. The van der Waals surface area contributed by atoms with Crippen molar-refractivity contribution >= 4 is 5.78 Å². The van der Waals surface area contributed by atoms with Crippen molar-refractivity contribution in [1.82, 2.24) is 0 Å². The third-order valence-electron chi connectivity index (χ3n) is 2.11. The van der Waals surface area contributed by atoms with Crippen LogP contribution >= 0.6 is 0 Å². The lowest BCUT2D eigenvalue weighted by Crippen LogP contribution is -1.91. The number of ketones is 1. The zero-order chi connectivity index (χ0) is 8.85. The largest absolute Gasteiger partial charge is 0.300 e. The molecule has 0 radical (unpaired) electrons. The van der Waals surface area contributed by atoms with Gasteiger partial charge in [-0.3, -0.25) is 0 Å². The van der Waals surface area contributed by atoms with Crippen molar-refractivity contribution in [1.29, 1.82) is 0 Å². The molecule has 0 spiro atoms. The molecule has 11 heavy (non-hydrogen) atoms. The fourth-order valence-corrected chi connectivity index (χ4v) is 0.879. The molecule has 0 atom stereocenters. The Morgan fingerprint density at radius 1 is 1.00 bits per heavy atom. The van der Waals surface area contributed by atoms with E-state index < -0.39 is 0 Å². The Bertz CT molecular complexity index is 166. The van der Waals surface area contributed by atoms with Gasteiger partial charge in [-0.2, -0.15) is 0 Å². The number of carbonyl (C=O) groups is 1. The normalized spacial score (nSPS) is 12.7. The van der Waals surface area contributed by atoms with Crippen LogP contribution in [0.2, 0.25) is 0 Å². The number of hydrogen-bond acceptors (Lipinski definition) is 1. The van der Waals surface area contributed by atoms with Gasteiger partial charge in [0, 0.05) is 6.42 Å². The second kappa shape index (κ2) is 5.11. The summed E-state index contributed by atoms with van der Waals surface area (Å²) >= 11 is 0. The maximum atomic E-state index is 10.6. The predicted molar refractivity (Wildman–Crippen MR) is 48.6 cm³/mol. The van der Waals surface area contributed by atoms with Crippen LogP contribution in [0.1, 0.15) is 47.0 Å². The topological polar surface area (TPSA) is 17.1 Å². The first kappa shape index (κ1) is 10.4. The van der Waals surface area contributed by atoms with Crippen LogP contribution in [0.25, 0.3) is 0 Å². The van der Waals surface area contributed by atoms with Crippen LogP contribution in [-0.2, 0) is 4.79 Å². The summed E-state index contributed by atoms with van der Waals surface area (Å²) in [5.74, 6) is 0.285. The molecule has 0 unspecified atom stereocenters. The molecule has 0 bridgehead atoms. The average Bonchev–Trinajstić information content (AvgIpc) is 1.98. The van der Waals surface area contributed by atoms with Crippen LogP contribution in [0.3, 0.4) is 0 Å². The molecule has 0 N–H and O–H groups in total. The quantitative estimate of drug-likeness (QED) is 0.569. The summed E-state index contributed by atoms with van der Waals surface area (Å²) in [5.41, 5.74) is 2.80. The maximum Gasteiger partial charge on any atom is 0.130 e. The third-order valence-corrected chi connectivity index (χ3v) is 2.11. The highest BCUT2D eigenvalue weighted by Gasteiger charge is 1.97. The Morgan fingerprint density at radius 2 is 1.55 bits per heavy atom. The highest BCUT2D eigenvalue weighted by Crippen LogP contribution is 2.12. The van der Waals surface area contributed by atoms with E-state index in [9.17, 15) is 4.79 Å². The molecule has 0 fully saturated rings. The summed E-state index contributed by atoms with van der Waals surface area (Å²) in [5, 5.41) is 0. The van der Waals surface area contributed by atoms with E-state index in [0.29, 0.717) is 6.42 Å². The van der Waals surface area contributed by atoms with E-state index in [4.69, 9.17) is 0 Å². The van der Waals surface area contributed by atoms with Crippen LogP contribution in [0.4, 0.5) is 0 Å². The van der Waals surface area contributed by atoms with Crippen molar-refractivity contribution in [2.45, 2.75) is 47.0 Å². The highest BCUT2D eigenvalue weighted by molar-refractivity contribution is 5.75. The van der Waals surface area contributed by atoms with Gasteiger partial charge in [-0.1, -0.05) is 18.1 Å². The fourth-order valence-electron chi connectivity index (χ4n) is 0.879. The van der Waals surface area contributed by atoms with Crippen LogP contribution < -0.4 is 0 Å². The first-order chi connectivity index (χ1) is 5.07. The first-order valence-corrected chi connectivity index (χ1v) is 4.22. The molecular weight excluding hydrogens is 136 g/mol. The summed E-state index contributed by atoms with van der Waals surface area (Å²) in [4.78, 5) is 10.6. The first-order valence-electron chi connectivity index (χ1n) is 4.22. The second-order valence-corrected chi connectivity index (χ2v) is 3.12. The van der Waals surface area contributed by atoms with E-state index >= 15 is 0 Å².